The third kappa shape index (κ3) is 39.1. The van der Waals surface area contributed by atoms with Gasteiger partial charge in [-0.2, -0.15) is 0 Å². The summed E-state index contributed by atoms with van der Waals surface area (Å²) >= 11 is 0. The molecule has 0 rings (SSSR count). The molecule has 0 saturated heterocycles. The normalized spacial score (nSPS) is 14.4. The zero-order valence-electron chi connectivity index (χ0n) is 36.4. The number of aliphatic hydroxyl groups excluding tert-OH is 2. The van der Waals surface area contributed by atoms with Crippen LogP contribution in [0.25, 0.3) is 0 Å². The average Bonchev–Trinajstić information content (AvgIpc) is 3.20. The number of aliphatic hydroxyl groups is 2. The first-order valence-electron chi connectivity index (χ1n) is 22.7. The Bertz CT molecular complexity index is 1200. The molecule has 3 N–H and O–H groups in total. The molecule has 0 radical (unpaired) electrons. The van der Waals surface area contributed by atoms with Crippen LogP contribution in [0.5, 0.6) is 0 Å². The molecule has 6 nitrogen and oxygen atoms in total. The monoisotopic (exact) mass is 790 g/mol. The second-order valence-electron chi connectivity index (χ2n) is 14.8. The van der Waals surface area contributed by atoms with Gasteiger partial charge < -0.3 is 20.3 Å². The maximum atomic E-state index is 13.1. The van der Waals surface area contributed by atoms with Gasteiger partial charge in [0.1, 0.15) is 6.10 Å². The molecule has 322 valence electrons. The number of carbonyl (C=O) groups excluding carboxylic acids is 2. The van der Waals surface area contributed by atoms with Crippen molar-refractivity contribution in [3.8, 4) is 0 Å². The van der Waals surface area contributed by atoms with Gasteiger partial charge in [0.15, 0.2) is 0 Å². The van der Waals surface area contributed by atoms with E-state index in [-0.39, 0.29) is 31.3 Å². The van der Waals surface area contributed by atoms with E-state index in [0.29, 0.717) is 19.3 Å². The summed E-state index contributed by atoms with van der Waals surface area (Å²) in [5, 5.41) is 23.6. The fourth-order valence-corrected chi connectivity index (χ4v) is 6.08. The van der Waals surface area contributed by atoms with Crippen LogP contribution in [-0.4, -0.2) is 46.9 Å². The summed E-state index contributed by atoms with van der Waals surface area (Å²) in [7, 11) is 0. The van der Waals surface area contributed by atoms with Crippen molar-refractivity contribution in [2.75, 3.05) is 6.61 Å². The third-order valence-electron chi connectivity index (χ3n) is 9.46. The number of carbonyl (C=O) groups is 2. The molecule has 6 heteroatoms. The molecule has 0 aliphatic rings. The zero-order valence-corrected chi connectivity index (χ0v) is 36.4. The molecule has 0 aromatic heterocycles. The van der Waals surface area contributed by atoms with Gasteiger partial charge in [-0.15, -0.1) is 0 Å². The van der Waals surface area contributed by atoms with Gasteiger partial charge in [0, 0.05) is 6.42 Å². The number of unbranched alkanes of at least 4 members (excludes halogenated alkanes) is 11. The van der Waals surface area contributed by atoms with Crippen LogP contribution in [0.4, 0.5) is 0 Å². The van der Waals surface area contributed by atoms with E-state index in [9.17, 15) is 19.8 Å². The summed E-state index contributed by atoms with van der Waals surface area (Å²) in [6.45, 7) is 6.15. The minimum absolute atomic E-state index is 0.00519. The molecule has 0 fully saturated rings. The van der Waals surface area contributed by atoms with Gasteiger partial charge in [0.05, 0.1) is 25.2 Å². The van der Waals surface area contributed by atoms with Gasteiger partial charge in [-0.1, -0.05) is 201 Å². The maximum absolute atomic E-state index is 13.1. The van der Waals surface area contributed by atoms with Crippen LogP contribution in [0, 0.1) is 0 Å². The Labute approximate surface area is 349 Å². The first-order chi connectivity index (χ1) is 28.0. The third-order valence-corrected chi connectivity index (χ3v) is 9.46. The highest BCUT2D eigenvalue weighted by Crippen LogP contribution is 2.15. The van der Waals surface area contributed by atoms with Crippen molar-refractivity contribution in [1.82, 2.24) is 5.32 Å². The smallest absolute Gasteiger partial charge is 0.306 e. The van der Waals surface area contributed by atoms with E-state index in [1.165, 1.54) is 51.4 Å². The van der Waals surface area contributed by atoms with Gasteiger partial charge in [-0.25, -0.2) is 0 Å². The van der Waals surface area contributed by atoms with Crippen LogP contribution in [-0.2, 0) is 14.3 Å². The van der Waals surface area contributed by atoms with Gasteiger partial charge in [-0.05, 0) is 70.6 Å². The molecule has 0 aromatic carbocycles. The predicted molar refractivity (Wildman–Crippen MR) is 245 cm³/mol. The minimum Gasteiger partial charge on any atom is -0.462 e. The number of hydrogen-bond donors (Lipinski definition) is 3. The van der Waals surface area contributed by atoms with Gasteiger partial charge in [0.25, 0.3) is 0 Å². The summed E-state index contributed by atoms with van der Waals surface area (Å²) in [4.78, 5) is 25.9. The van der Waals surface area contributed by atoms with Crippen molar-refractivity contribution in [3.63, 3.8) is 0 Å². The number of rotatable bonds is 38. The number of esters is 1. The van der Waals surface area contributed by atoms with Crippen molar-refractivity contribution in [2.24, 2.45) is 0 Å². The number of hydrogen-bond acceptors (Lipinski definition) is 5. The van der Waals surface area contributed by atoms with E-state index >= 15 is 0 Å². The fraction of sp³-hybridized carbons (Fsp3) is 0.608. The molecule has 0 aromatic rings. The highest BCUT2D eigenvalue weighted by Gasteiger charge is 2.23. The largest absolute Gasteiger partial charge is 0.462 e. The molecule has 3 unspecified atom stereocenters. The minimum atomic E-state index is -0.822. The Morgan fingerprint density at radius 1 is 0.544 bits per heavy atom. The summed E-state index contributed by atoms with van der Waals surface area (Å²) in [5.41, 5.74) is 0. The van der Waals surface area contributed by atoms with Crippen molar-refractivity contribution in [3.05, 3.63) is 109 Å². The Hall–Kier alpha value is -3.48. The molecular weight excluding hydrogens is 707 g/mol. The number of allylic oxidation sites excluding steroid dienone is 18. The first-order valence-corrected chi connectivity index (χ1v) is 22.7. The van der Waals surface area contributed by atoms with E-state index < -0.39 is 18.2 Å². The second-order valence-corrected chi connectivity index (χ2v) is 14.8. The molecule has 0 bridgehead atoms. The maximum Gasteiger partial charge on any atom is 0.306 e. The van der Waals surface area contributed by atoms with Crippen molar-refractivity contribution in [1.29, 1.82) is 0 Å². The van der Waals surface area contributed by atoms with E-state index in [1.54, 1.807) is 0 Å². The van der Waals surface area contributed by atoms with Crippen LogP contribution < -0.4 is 5.32 Å². The average molecular weight is 790 g/mol. The zero-order chi connectivity index (χ0) is 41.7. The van der Waals surface area contributed by atoms with E-state index in [2.05, 4.69) is 92.9 Å². The lowest BCUT2D eigenvalue weighted by atomic mass is 10.0. The summed E-state index contributed by atoms with van der Waals surface area (Å²) in [6, 6.07) is -0.742. The molecule has 0 heterocycles. The number of nitrogens with one attached hydrogen (secondary N) is 1. The van der Waals surface area contributed by atoms with Crippen LogP contribution in [0.3, 0.4) is 0 Å². The summed E-state index contributed by atoms with van der Waals surface area (Å²) < 4.78 is 5.82. The lowest BCUT2D eigenvalue weighted by Crippen LogP contribution is -2.46. The van der Waals surface area contributed by atoms with Crippen molar-refractivity contribution in [2.45, 2.75) is 193 Å². The quantitative estimate of drug-likeness (QED) is 0.0251. The summed E-state index contributed by atoms with van der Waals surface area (Å²) in [6.07, 6.45) is 58.8. The van der Waals surface area contributed by atoms with Crippen molar-refractivity contribution >= 4 is 11.9 Å². The fourth-order valence-electron chi connectivity index (χ4n) is 6.08. The second kappa shape index (κ2) is 43.6. The highest BCUT2D eigenvalue weighted by atomic mass is 16.5. The summed E-state index contributed by atoms with van der Waals surface area (Å²) in [5.74, 6) is -0.656. The van der Waals surface area contributed by atoms with E-state index in [1.807, 2.05) is 42.5 Å². The Balaban J connectivity index is 4.81. The SMILES string of the molecule is CC/C=C/C=C/C=C\C=C/CCCC(CC(=O)NC(CO)C(O)CCCCCCCCCCCCC)OC(=O)CC/C=C/C/C=C/C/C=C/C/C=C/C/C=C/CC. The van der Waals surface area contributed by atoms with E-state index in [4.69, 9.17) is 4.74 Å². The lowest BCUT2D eigenvalue weighted by Gasteiger charge is -2.24. The molecule has 0 aliphatic heterocycles. The molecule has 0 saturated carbocycles. The predicted octanol–water partition coefficient (Wildman–Crippen LogP) is 13.2. The standard InChI is InChI=1S/C51H83NO5/c1-4-7-10-13-16-19-22-23-24-25-26-29-32-35-38-41-44-51(56)57-47(42-39-36-33-30-27-20-17-14-11-8-5-2)45-50(55)52-48(46-53)49(54)43-40-37-34-31-28-21-18-15-12-9-6-3/h7-8,10-11,14,16-17,19-20,23-24,26-27,29-30,33,35,38,47-49,53-54H,4-6,9,12-13,15,18,21-22,25,28,31-32,34,36-37,39-46H2,1-3H3,(H,52,55)/b10-7+,11-8+,17-14+,19-16+,24-23+,27-20-,29-26+,33-30-,38-35+. The highest BCUT2D eigenvalue weighted by molar-refractivity contribution is 5.77. The van der Waals surface area contributed by atoms with Crippen LogP contribution >= 0.6 is 0 Å². The molecule has 57 heavy (non-hydrogen) atoms. The molecule has 1 amide bonds. The lowest BCUT2D eigenvalue weighted by molar-refractivity contribution is -0.150. The Kier molecular flexibility index (Phi) is 41.0. The van der Waals surface area contributed by atoms with Crippen molar-refractivity contribution < 1.29 is 24.5 Å². The topological polar surface area (TPSA) is 95.9 Å². The van der Waals surface area contributed by atoms with E-state index in [0.717, 1.165) is 70.6 Å². The van der Waals surface area contributed by atoms with Crippen LogP contribution in [0.15, 0.2) is 109 Å². The molecule has 3 atom stereocenters. The molecular formula is C51H83NO5. The van der Waals surface area contributed by atoms with Gasteiger partial charge >= 0.3 is 5.97 Å². The Morgan fingerprint density at radius 3 is 1.58 bits per heavy atom. The van der Waals surface area contributed by atoms with Gasteiger partial charge in [0.2, 0.25) is 5.91 Å². The number of amides is 1. The molecule has 0 spiro atoms. The van der Waals surface area contributed by atoms with Crippen LogP contribution in [0.1, 0.15) is 175 Å². The first kappa shape index (κ1) is 53.5. The van der Waals surface area contributed by atoms with Crippen LogP contribution in [0.2, 0.25) is 0 Å². The Morgan fingerprint density at radius 2 is 1.04 bits per heavy atom. The van der Waals surface area contributed by atoms with Gasteiger partial charge in [-0.3, -0.25) is 9.59 Å². The molecule has 0 aliphatic carbocycles. The number of ether oxygens (including phenoxy) is 1.